The summed E-state index contributed by atoms with van der Waals surface area (Å²) in [6.07, 6.45) is 1.93. The minimum absolute atomic E-state index is 0.255. The fourth-order valence-electron chi connectivity index (χ4n) is 7.82. The third kappa shape index (κ3) is 5.61. The number of pyridine rings is 1. The van der Waals surface area contributed by atoms with Crippen LogP contribution in [0.25, 0.3) is 61.0 Å². The summed E-state index contributed by atoms with van der Waals surface area (Å²) in [7, 11) is 0. The van der Waals surface area contributed by atoms with Crippen molar-refractivity contribution in [1.82, 2.24) is 9.55 Å². The summed E-state index contributed by atoms with van der Waals surface area (Å²) < 4.78 is 26.8. The minimum atomic E-state index is -2.24. The van der Waals surface area contributed by atoms with Crippen LogP contribution in [0.1, 0.15) is 4.11 Å². The van der Waals surface area contributed by atoms with E-state index in [1.807, 2.05) is 42.6 Å². The number of anilines is 3. The standard InChI is InChI=1S/C49H36N4S/c1-51-33-52(46-25-11-10-24-45(46)51)37-18-12-19-38(31-37)54-39-26-27-43-42-20-8-9-23-44(42)53(47(43)32-39)48-30-36(28-29-50-48)49-40(34-14-4-2-5-15-34)21-13-22-41(49)35-16-6-3-7-17-35/h2-32H,33H2,1H3/i1D3. The zero-order chi connectivity index (χ0) is 38.5. The third-order valence-electron chi connectivity index (χ3n) is 10.3. The first-order valence-electron chi connectivity index (χ1n) is 19.6. The van der Waals surface area contributed by atoms with Crippen LogP contribution in [0.4, 0.5) is 17.1 Å². The lowest BCUT2D eigenvalue weighted by molar-refractivity contribution is 0.948. The fraction of sp³-hybridized carbons (Fsp3) is 0.0408. The van der Waals surface area contributed by atoms with Crippen molar-refractivity contribution in [2.45, 2.75) is 9.79 Å². The molecular weight excluding hydrogens is 677 g/mol. The number of benzene rings is 7. The fourth-order valence-corrected chi connectivity index (χ4v) is 8.73. The van der Waals surface area contributed by atoms with E-state index in [2.05, 4.69) is 155 Å². The van der Waals surface area contributed by atoms with E-state index in [9.17, 15) is 0 Å². The normalized spacial score (nSPS) is 13.5. The van der Waals surface area contributed by atoms with E-state index in [4.69, 9.17) is 9.10 Å². The zero-order valence-electron chi connectivity index (χ0n) is 32.3. The van der Waals surface area contributed by atoms with E-state index in [-0.39, 0.29) is 6.67 Å². The molecule has 0 radical (unpaired) electrons. The largest absolute Gasteiger partial charge is 0.355 e. The van der Waals surface area contributed by atoms with Gasteiger partial charge in [0.15, 0.2) is 0 Å². The molecular formula is C49H36N4S. The summed E-state index contributed by atoms with van der Waals surface area (Å²) in [5.74, 6) is 0.844. The van der Waals surface area contributed by atoms with Crippen LogP contribution in [0.2, 0.25) is 0 Å². The molecule has 0 bridgehead atoms. The van der Waals surface area contributed by atoms with Crippen LogP contribution in [0.3, 0.4) is 0 Å². The third-order valence-corrected chi connectivity index (χ3v) is 11.2. The van der Waals surface area contributed by atoms with Gasteiger partial charge in [-0.2, -0.15) is 0 Å². The Bertz CT molecular complexity index is 2870. The molecule has 0 amide bonds. The molecule has 0 aliphatic carbocycles. The number of hydrogen-bond acceptors (Lipinski definition) is 4. The lowest BCUT2D eigenvalue weighted by Gasteiger charge is -2.20. The topological polar surface area (TPSA) is 24.3 Å². The van der Waals surface area contributed by atoms with Gasteiger partial charge in [0.1, 0.15) is 5.82 Å². The Kier molecular flexibility index (Phi) is 7.21. The Morgan fingerprint density at radius 2 is 1.20 bits per heavy atom. The van der Waals surface area contributed by atoms with Crippen molar-refractivity contribution in [2.24, 2.45) is 0 Å². The minimum Gasteiger partial charge on any atom is -0.355 e. The Morgan fingerprint density at radius 1 is 0.537 bits per heavy atom. The molecule has 0 atom stereocenters. The molecule has 0 unspecified atom stereocenters. The van der Waals surface area contributed by atoms with E-state index in [0.717, 1.165) is 65.7 Å². The molecule has 1 aliphatic heterocycles. The van der Waals surface area contributed by atoms with Gasteiger partial charge in [-0.25, -0.2) is 4.98 Å². The van der Waals surface area contributed by atoms with Gasteiger partial charge in [-0.15, -0.1) is 0 Å². The lowest BCUT2D eigenvalue weighted by Crippen LogP contribution is -2.23. The first kappa shape index (κ1) is 29.0. The molecule has 0 saturated carbocycles. The monoisotopic (exact) mass is 715 g/mol. The van der Waals surface area contributed by atoms with E-state index < -0.39 is 6.98 Å². The highest BCUT2D eigenvalue weighted by molar-refractivity contribution is 7.99. The molecule has 0 spiro atoms. The highest BCUT2D eigenvalue weighted by Crippen LogP contribution is 2.43. The van der Waals surface area contributed by atoms with Crippen molar-refractivity contribution in [3.63, 3.8) is 0 Å². The predicted octanol–water partition coefficient (Wildman–Crippen LogP) is 12.9. The van der Waals surface area contributed by atoms with Gasteiger partial charge in [0, 0.05) is 43.5 Å². The molecule has 2 aromatic heterocycles. The van der Waals surface area contributed by atoms with Crippen LogP contribution >= 0.6 is 11.8 Å². The summed E-state index contributed by atoms with van der Waals surface area (Å²) in [5, 5.41) is 2.32. The maximum absolute atomic E-state index is 8.16. The first-order valence-corrected chi connectivity index (χ1v) is 18.9. The summed E-state index contributed by atoms with van der Waals surface area (Å²) in [5.41, 5.74) is 11.6. The average Bonchev–Trinajstić information content (AvgIpc) is 3.81. The highest BCUT2D eigenvalue weighted by atomic mass is 32.2. The first-order chi connectivity index (χ1) is 27.9. The molecule has 0 fully saturated rings. The van der Waals surface area contributed by atoms with E-state index in [1.165, 1.54) is 21.4 Å². The van der Waals surface area contributed by atoms with E-state index in [1.54, 1.807) is 11.8 Å². The Hall–Kier alpha value is -6.56. The summed E-state index contributed by atoms with van der Waals surface area (Å²) in [4.78, 5) is 10.7. The molecule has 7 aromatic carbocycles. The molecule has 1 aliphatic rings. The van der Waals surface area contributed by atoms with Crippen molar-refractivity contribution < 1.29 is 4.11 Å². The smallest absolute Gasteiger partial charge is 0.138 e. The van der Waals surface area contributed by atoms with Gasteiger partial charge in [-0.3, -0.25) is 4.57 Å². The molecule has 5 heteroatoms. The Morgan fingerprint density at radius 3 is 1.98 bits per heavy atom. The van der Waals surface area contributed by atoms with Crippen LogP contribution in [0.15, 0.2) is 198 Å². The van der Waals surface area contributed by atoms with Crippen LogP contribution in [-0.4, -0.2) is 23.2 Å². The maximum Gasteiger partial charge on any atom is 0.138 e. The van der Waals surface area contributed by atoms with Crippen LogP contribution in [-0.2, 0) is 0 Å². The van der Waals surface area contributed by atoms with Crippen molar-refractivity contribution in [2.75, 3.05) is 23.4 Å². The molecule has 10 rings (SSSR count). The molecule has 54 heavy (non-hydrogen) atoms. The number of nitrogens with zero attached hydrogens (tertiary/aromatic N) is 4. The van der Waals surface area contributed by atoms with Gasteiger partial charge in [-0.05, 0) is 94.0 Å². The van der Waals surface area contributed by atoms with Gasteiger partial charge in [0.05, 0.1) is 29.1 Å². The van der Waals surface area contributed by atoms with Crippen molar-refractivity contribution in [3.05, 3.63) is 188 Å². The van der Waals surface area contributed by atoms with Crippen molar-refractivity contribution in [3.8, 4) is 39.2 Å². The van der Waals surface area contributed by atoms with Crippen molar-refractivity contribution in [1.29, 1.82) is 0 Å². The lowest BCUT2D eigenvalue weighted by atomic mass is 9.88. The van der Waals surface area contributed by atoms with Gasteiger partial charge in [-0.1, -0.05) is 133 Å². The number of hydrogen-bond donors (Lipinski definition) is 0. The second-order valence-electron chi connectivity index (χ2n) is 13.5. The number of fused-ring (bicyclic) bond motifs is 4. The highest BCUT2D eigenvalue weighted by Gasteiger charge is 2.24. The molecule has 4 nitrogen and oxygen atoms in total. The number of rotatable bonds is 7. The second kappa shape index (κ2) is 13.4. The summed E-state index contributed by atoms with van der Waals surface area (Å²) in [6.45, 7) is -1.99. The predicted molar refractivity (Wildman–Crippen MR) is 227 cm³/mol. The molecule has 0 N–H and O–H groups in total. The Labute approximate surface area is 323 Å². The average molecular weight is 716 g/mol. The molecule has 258 valence electrons. The van der Waals surface area contributed by atoms with E-state index in [0.29, 0.717) is 5.69 Å². The summed E-state index contributed by atoms with van der Waals surface area (Å²) >= 11 is 1.69. The quantitative estimate of drug-likeness (QED) is 0.164. The zero-order valence-corrected chi connectivity index (χ0v) is 30.1. The second-order valence-corrected chi connectivity index (χ2v) is 14.6. The number of aromatic nitrogens is 2. The van der Waals surface area contributed by atoms with Gasteiger partial charge in [0.25, 0.3) is 0 Å². The van der Waals surface area contributed by atoms with Crippen LogP contribution in [0.5, 0.6) is 0 Å². The van der Waals surface area contributed by atoms with Crippen molar-refractivity contribution >= 4 is 50.6 Å². The van der Waals surface area contributed by atoms with Gasteiger partial charge in [0.2, 0.25) is 0 Å². The van der Waals surface area contributed by atoms with Crippen LogP contribution < -0.4 is 9.80 Å². The summed E-state index contributed by atoms with van der Waals surface area (Å²) in [6, 6.07) is 63.3. The molecule has 9 aromatic rings. The van der Waals surface area contributed by atoms with Gasteiger partial charge < -0.3 is 9.80 Å². The number of para-hydroxylation sites is 3. The van der Waals surface area contributed by atoms with E-state index >= 15 is 0 Å². The molecule has 3 heterocycles. The Balaban J connectivity index is 1.07. The molecule has 0 saturated heterocycles. The van der Waals surface area contributed by atoms with Crippen LogP contribution in [0, 0.1) is 0 Å². The maximum atomic E-state index is 8.16. The van der Waals surface area contributed by atoms with Gasteiger partial charge >= 0.3 is 0 Å². The SMILES string of the molecule is [2H]C([2H])([2H])N1CN(c2cccc(Sc3ccc4c5ccccc5n(-c5cc(-c6c(-c7ccccc7)cccc6-c6ccccc6)ccn5)c4c3)c2)c2ccccc21.